The Morgan fingerprint density at radius 1 is 1.26 bits per heavy atom. The first-order valence-corrected chi connectivity index (χ1v) is 8.36. The summed E-state index contributed by atoms with van der Waals surface area (Å²) in [6.45, 7) is 5.55. The number of hydrogen-bond donors (Lipinski definition) is 1. The number of amides is 1. The summed E-state index contributed by atoms with van der Waals surface area (Å²) in [7, 11) is 0. The molecule has 5 heteroatoms. The number of nitrogens with one attached hydrogen (secondary N) is 1. The van der Waals surface area contributed by atoms with Gasteiger partial charge in [0.15, 0.2) is 6.10 Å². The van der Waals surface area contributed by atoms with Gasteiger partial charge in [-0.15, -0.1) is 0 Å². The second-order valence-electron chi connectivity index (χ2n) is 5.94. The molecule has 2 rings (SSSR count). The molecule has 23 heavy (non-hydrogen) atoms. The van der Waals surface area contributed by atoms with Crippen LogP contribution in [0.3, 0.4) is 0 Å². The minimum absolute atomic E-state index is 0.107. The number of benzene rings is 1. The van der Waals surface area contributed by atoms with E-state index < -0.39 is 6.10 Å². The molecule has 1 aromatic carbocycles. The fraction of sp³-hybridized carbons (Fsp3) is 0.556. The van der Waals surface area contributed by atoms with Gasteiger partial charge in [-0.3, -0.25) is 4.79 Å². The summed E-state index contributed by atoms with van der Waals surface area (Å²) < 4.78 is 5.60. The number of nitrogens with zero attached hydrogens (tertiary/aromatic N) is 2. The number of hydrogen-bond acceptors (Lipinski definition) is 4. The lowest BCUT2D eigenvalue weighted by Crippen LogP contribution is -2.41. The standard InChI is InChI=1S/C18H25N3O2/c1-15(23-17-8-6-16(14-19)7-9-17)18(22)20-10-13-21-11-4-2-3-5-12-21/h6-9,15H,2-5,10-13H2,1H3,(H,20,22). The second kappa shape index (κ2) is 9.16. The van der Waals surface area contributed by atoms with Gasteiger partial charge in [0.2, 0.25) is 0 Å². The summed E-state index contributed by atoms with van der Waals surface area (Å²) in [5.41, 5.74) is 0.576. The molecule has 1 atom stereocenters. The lowest BCUT2D eigenvalue weighted by molar-refractivity contribution is -0.127. The Kier molecular flexibility index (Phi) is 6.89. The van der Waals surface area contributed by atoms with Crippen molar-refractivity contribution >= 4 is 5.91 Å². The van der Waals surface area contributed by atoms with Crippen LogP contribution in [0.4, 0.5) is 0 Å². The van der Waals surface area contributed by atoms with Gasteiger partial charge >= 0.3 is 0 Å². The molecule has 1 aliphatic heterocycles. The van der Waals surface area contributed by atoms with E-state index in [9.17, 15) is 4.79 Å². The van der Waals surface area contributed by atoms with Crippen LogP contribution in [0.2, 0.25) is 0 Å². The molecular formula is C18H25N3O2. The smallest absolute Gasteiger partial charge is 0.260 e. The quantitative estimate of drug-likeness (QED) is 0.875. The van der Waals surface area contributed by atoms with Crippen LogP contribution < -0.4 is 10.1 Å². The molecule has 1 aromatic rings. The molecule has 1 N–H and O–H groups in total. The predicted octanol–water partition coefficient (Wildman–Crippen LogP) is 2.32. The third kappa shape index (κ3) is 5.91. The van der Waals surface area contributed by atoms with Gasteiger partial charge in [-0.05, 0) is 57.1 Å². The normalized spacial score (nSPS) is 16.9. The Morgan fingerprint density at radius 3 is 2.52 bits per heavy atom. The molecule has 0 bridgehead atoms. The van der Waals surface area contributed by atoms with Crippen molar-refractivity contribution in [1.29, 1.82) is 5.26 Å². The van der Waals surface area contributed by atoms with Gasteiger partial charge in [-0.1, -0.05) is 12.8 Å². The number of rotatable bonds is 6. The molecule has 1 amide bonds. The first-order valence-electron chi connectivity index (χ1n) is 8.36. The molecular weight excluding hydrogens is 290 g/mol. The molecule has 1 saturated heterocycles. The highest BCUT2D eigenvalue weighted by molar-refractivity contribution is 5.80. The maximum atomic E-state index is 12.1. The van der Waals surface area contributed by atoms with Gasteiger partial charge in [-0.2, -0.15) is 5.26 Å². The lowest BCUT2D eigenvalue weighted by Gasteiger charge is -2.20. The molecule has 0 spiro atoms. The van der Waals surface area contributed by atoms with E-state index in [0.717, 1.165) is 19.6 Å². The maximum Gasteiger partial charge on any atom is 0.260 e. The van der Waals surface area contributed by atoms with Crippen LogP contribution in [0.1, 0.15) is 38.2 Å². The van der Waals surface area contributed by atoms with Crippen LogP contribution >= 0.6 is 0 Å². The van der Waals surface area contributed by atoms with Crippen molar-refractivity contribution < 1.29 is 9.53 Å². The third-order valence-electron chi connectivity index (χ3n) is 4.09. The Balaban J connectivity index is 1.70. The van der Waals surface area contributed by atoms with Gasteiger partial charge in [0.05, 0.1) is 11.6 Å². The van der Waals surface area contributed by atoms with Crippen molar-refractivity contribution in [3.05, 3.63) is 29.8 Å². The van der Waals surface area contributed by atoms with Crippen LogP contribution in [0.25, 0.3) is 0 Å². The highest BCUT2D eigenvalue weighted by Gasteiger charge is 2.15. The minimum Gasteiger partial charge on any atom is -0.481 e. The van der Waals surface area contributed by atoms with Crippen molar-refractivity contribution in [2.24, 2.45) is 0 Å². The molecule has 0 aromatic heterocycles. The first-order chi connectivity index (χ1) is 11.2. The summed E-state index contributed by atoms with van der Waals surface area (Å²) in [6.07, 6.45) is 4.60. The first kappa shape index (κ1) is 17.3. The van der Waals surface area contributed by atoms with E-state index >= 15 is 0 Å². The molecule has 1 aliphatic rings. The lowest BCUT2D eigenvalue weighted by atomic mass is 10.2. The molecule has 124 valence electrons. The van der Waals surface area contributed by atoms with E-state index in [1.807, 2.05) is 0 Å². The second-order valence-corrected chi connectivity index (χ2v) is 5.94. The highest BCUT2D eigenvalue weighted by Crippen LogP contribution is 2.13. The molecule has 0 saturated carbocycles. The molecule has 1 unspecified atom stereocenters. The third-order valence-corrected chi connectivity index (χ3v) is 4.09. The van der Waals surface area contributed by atoms with Gasteiger partial charge in [0, 0.05) is 13.1 Å². The van der Waals surface area contributed by atoms with Crippen LogP contribution in [-0.4, -0.2) is 43.1 Å². The van der Waals surface area contributed by atoms with Gasteiger partial charge in [0.1, 0.15) is 5.75 Å². The zero-order valence-corrected chi connectivity index (χ0v) is 13.8. The summed E-state index contributed by atoms with van der Waals surface area (Å²) in [6, 6.07) is 8.83. The van der Waals surface area contributed by atoms with Crippen molar-refractivity contribution in [2.45, 2.75) is 38.7 Å². The van der Waals surface area contributed by atoms with Crippen molar-refractivity contribution in [3.8, 4) is 11.8 Å². The van der Waals surface area contributed by atoms with Crippen molar-refractivity contribution in [1.82, 2.24) is 10.2 Å². The van der Waals surface area contributed by atoms with E-state index in [1.165, 1.54) is 25.7 Å². The summed E-state index contributed by atoms with van der Waals surface area (Å²) in [5.74, 6) is 0.489. The minimum atomic E-state index is -0.549. The van der Waals surface area contributed by atoms with E-state index in [0.29, 0.717) is 17.9 Å². The average Bonchev–Trinajstić information content (AvgIpc) is 2.84. The Labute approximate surface area is 138 Å². The molecule has 1 fully saturated rings. The van der Waals surface area contributed by atoms with E-state index in [4.69, 9.17) is 10.00 Å². The van der Waals surface area contributed by atoms with Crippen LogP contribution in [0.15, 0.2) is 24.3 Å². The molecule has 1 heterocycles. The predicted molar refractivity (Wildman–Crippen MR) is 89.2 cm³/mol. The fourth-order valence-electron chi connectivity index (χ4n) is 2.71. The fourth-order valence-corrected chi connectivity index (χ4v) is 2.71. The Bertz CT molecular complexity index is 528. The summed E-state index contributed by atoms with van der Waals surface area (Å²) in [5, 5.41) is 11.7. The maximum absolute atomic E-state index is 12.1. The topological polar surface area (TPSA) is 65.4 Å². The average molecular weight is 315 g/mol. The number of likely N-dealkylation sites (tertiary alicyclic amines) is 1. The Morgan fingerprint density at radius 2 is 1.91 bits per heavy atom. The number of ether oxygens (including phenoxy) is 1. The van der Waals surface area contributed by atoms with Crippen LogP contribution in [0, 0.1) is 11.3 Å². The number of carbonyl (C=O) groups is 1. The van der Waals surface area contributed by atoms with E-state index in [2.05, 4.69) is 16.3 Å². The van der Waals surface area contributed by atoms with Crippen molar-refractivity contribution in [3.63, 3.8) is 0 Å². The molecule has 5 nitrogen and oxygen atoms in total. The number of carbonyl (C=O) groups excluding carboxylic acids is 1. The van der Waals surface area contributed by atoms with E-state index in [1.54, 1.807) is 31.2 Å². The zero-order valence-electron chi connectivity index (χ0n) is 13.8. The Hall–Kier alpha value is -2.06. The molecule has 0 radical (unpaired) electrons. The van der Waals surface area contributed by atoms with Crippen molar-refractivity contribution in [2.75, 3.05) is 26.2 Å². The van der Waals surface area contributed by atoms with Gasteiger partial charge in [0.25, 0.3) is 5.91 Å². The SMILES string of the molecule is CC(Oc1ccc(C#N)cc1)C(=O)NCCN1CCCCCC1. The highest BCUT2D eigenvalue weighted by atomic mass is 16.5. The van der Waals surface area contributed by atoms with Gasteiger partial charge in [-0.25, -0.2) is 0 Å². The number of nitriles is 1. The van der Waals surface area contributed by atoms with Gasteiger partial charge < -0.3 is 15.0 Å². The van der Waals surface area contributed by atoms with Crippen LogP contribution in [0.5, 0.6) is 5.75 Å². The largest absolute Gasteiger partial charge is 0.481 e. The summed E-state index contributed by atoms with van der Waals surface area (Å²) >= 11 is 0. The zero-order chi connectivity index (χ0) is 16.5. The van der Waals surface area contributed by atoms with Crippen LogP contribution in [-0.2, 0) is 4.79 Å². The summed E-state index contributed by atoms with van der Waals surface area (Å²) in [4.78, 5) is 14.5. The monoisotopic (exact) mass is 315 g/mol. The molecule has 0 aliphatic carbocycles. The van der Waals surface area contributed by atoms with E-state index in [-0.39, 0.29) is 5.91 Å².